The molecule has 0 amide bonds. The highest BCUT2D eigenvalue weighted by Crippen LogP contribution is 2.09. The van der Waals surface area contributed by atoms with Crippen LogP contribution in [0.3, 0.4) is 0 Å². The molecule has 0 aromatic heterocycles. The number of hydrogen-bond donors (Lipinski definition) is 0. The van der Waals surface area contributed by atoms with Crippen molar-refractivity contribution in [3.8, 4) is 0 Å². The van der Waals surface area contributed by atoms with Crippen LogP contribution in [-0.2, 0) is 61.6 Å². The third-order valence-corrected chi connectivity index (χ3v) is 8.34. The number of esters is 1. The van der Waals surface area contributed by atoms with E-state index in [4.69, 9.17) is 56.8 Å². The molecule has 0 aliphatic heterocycles. The largest absolute Gasteiger partial charge is 0.463 e. The molecule has 0 atom stereocenters. The third-order valence-electron chi connectivity index (χ3n) is 8.34. The fraction of sp³-hybridized carbons (Fsp3) is 0.976. The first-order chi connectivity index (χ1) is 27.3. The highest BCUT2D eigenvalue weighted by Gasteiger charge is 2.03. The molecule has 0 unspecified atom stereocenters. The lowest BCUT2D eigenvalue weighted by Crippen LogP contribution is -2.15. The number of carbonyl (C=O) groups excluding carboxylic acids is 1. The van der Waals surface area contributed by atoms with Gasteiger partial charge in [0.05, 0.1) is 139 Å². The second-order valence-electron chi connectivity index (χ2n) is 13.3. The second kappa shape index (κ2) is 51.0. The summed E-state index contributed by atoms with van der Waals surface area (Å²) in [6, 6.07) is 0. The van der Waals surface area contributed by atoms with Gasteiger partial charge in [-0.15, -0.1) is 0 Å². The van der Waals surface area contributed by atoms with E-state index in [0.717, 1.165) is 25.9 Å². The van der Waals surface area contributed by atoms with E-state index in [1.54, 1.807) is 0 Å². The molecule has 0 heterocycles. The summed E-state index contributed by atoms with van der Waals surface area (Å²) >= 11 is 0. The molecule has 0 saturated carbocycles. The van der Waals surface area contributed by atoms with Crippen LogP contribution in [0.2, 0.25) is 0 Å². The highest BCUT2D eigenvalue weighted by atomic mass is 16.6. The zero-order valence-corrected chi connectivity index (χ0v) is 35.4. The summed E-state index contributed by atoms with van der Waals surface area (Å²) in [6.07, 6.45) is 19.3. The normalized spacial score (nSPS) is 11.5. The van der Waals surface area contributed by atoms with Crippen molar-refractivity contribution in [3.05, 3.63) is 0 Å². The Morgan fingerprint density at radius 3 is 0.764 bits per heavy atom. The van der Waals surface area contributed by atoms with E-state index < -0.39 is 0 Å². The van der Waals surface area contributed by atoms with Gasteiger partial charge in [-0.3, -0.25) is 4.79 Å². The van der Waals surface area contributed by atoms with E-state index in [0.29, 0.717) is 145 Å². The molecule has 0 aliphatic rings. The van der Waals surface area contributed by atoms with Gasteiger partial charge in [0, 0.05) is 13.0 Å². The molecule has 0 bridgehead atoms. The summed E-state index contributed by atoms with van der Waals surface area (Å²) in [6.45, 7) is 16.4. The fourth-order valence-corrected chi connectivity index (χ4v) is 5.15. The van der Waals surface area contributed by atoms with E-state index in [9.17, 15) is 4.79 Å². The van der Waals surface area contributed by atoms with Crippen molar-refractivity contribution < 1.29 is 61.6 Å². The van der Waals surface area contributed by atoms with Crippen molar-refractivity contribution in [3.63, 3.8) is 0 Å². The van der Waals surface area contributed by atoms with E-state index in [-0.39, 0.29) is 12.6 Å². The molecule has 0 aromatic carbocycles. The van der Waals surface area contributed by atoms with Crippen LogP contribution in [0.15, 0.2) is 0 Å². The molecule has 0 saturated heterocycles. The summed E-state index contributed by atoms with van der Waals surface area (Å²) in [5.74, 6) is -0.139. The minimum atomic E-state index is -0.139. The lowest BCUT2D eigenvalue weighted by molar-refractivity contribution is -0.145. The number of hydrogen-bond acceptors (Lipinski definition) is 13. The first kappa shape index (κ1) is 54.0. The molecule has 330 valence electrons. The van der Waals surface area contributed by atoms with Gasteiger partial charge in [-0.1, -0.05) is 97.3 Å². The minimum Gasteiger partial charge on any atom is -0.463 e. The topological polar surface area (TPSA) is 128 Å². The van der Waals surface area contributed by atoms with E-state index >= 15 is 0 Å². The van der Waals surface area contributed by atoms with Gasteiger partial charge in [0.1, 0.15) is 6.61 Å². The van der Waals surface area contributed by atoms with Gasteiger partial charge in [-0.25, -0.2) is 0 Å². The summed E-state index contributed by atoms with van der Waals surface area (Å²) < 4.78 is 65.9. The van der Waals surface area contributed by atoms with Gasteiger partial charge >= 0.3 is 5.97 Å². The van der Waals surface area contributed by atoms with Crippen molar-refractivity contribution in [2.45, 2.75) is 117 Å². The quantitative estimate of drug-likeness (QED) is 0.0464. The zero-order chi connectivity index (χ0) is 39.6. The van der Waals surface area contributed by atoms with Crippen molar-refractivity contribution in [1.82, 2.24) is 0 Å². The van der Waals surface area contributed by atoms with Crippen LogP contribution < -0.4 is 0 Å². The van der Waals surface area contributed by atoms with E-state index in [1.165, 1.54) is 77.0 Å². The Morgan fingerprint density at radius 2 is 0.473 bits per heavy atom. The monoisotopic (exact) mass is 797 g/mol. The maximum Gasteiger partial charge on any atom is 0.305 e. The number of unbranched alkanes of at least 4 members (excludes halogenated alkanes) is 13. The molecule has 0 radical (unpaired) electrons. The van der Waals surface area contributed by atoms with Crippen LogP contribution in [0.4, 0.5) is 0 Å². The van der Waals surface area contributed by atoms with Gasteiger partial charge in [-0.05, 0) is 12.8 Å². The Hall–Kier alpha value is -0.970. The number of rotatable bonds is 50. The average molecular weight is 797 g/mol. The van der Waals surface area contributed by atoms with E-state index in [1.807, 2.05) is 0 Å². The molecule has 13 heteroatoms. The molecular weight excluding hydrogens is 712 g/mol. The lowest BCUT2D eigenvalue weighted by atomic mass is 10.1. The van der Waals surface area contributed by atoms with Gasteiger partial charge in [0.15, 0.2) is 0 Å². The van der Waals surface area contributed by atoms with Crippen LogP contribution in [0.25, 0.3) is 0 Å². The molecule has 0 N–H and O–H groups in total. The zero-order valence-electron chi connectivity index (χ0n) is 35.4. The second-order valence-corrected chi connectivity index (χ2v) is 13.3. The SMILES string of the molecule is CCCCCCCCCCOCCOCCOCCOCCOCCOCCOCCOCCOCCOCCOCCOC(=O)CCCCCCCCC. The van der Waals surface area contributed by atoms with Crippen molar-refractivity contribution in [1.29, 1.82) is 0 Å². The van der Waals surface area contributed by atoms with Gasteiger partial charge in [-0.2, -0.15) is 0 Å². The molecule has 0 aromatic rings. The molecule has 13 nitrogen and oxygen atoms in total. The highest BCUT2D eigenvalue weighted by molar-refractivity contribution is 5.69. The van der Waals surface area contributed by atoms with Crippen LogP contribution >= 0.6 is 0 Å². The third kappa shape index (κ3) is 51.0. The molecular formula is C42H84O13. The Bertz CT molecular complexity index is 704. The molecule has 0 aliphatic carbocycles. The Labute approximate surface area is 335 Å². The predicted molar refractivity (Wildman–Crippen MR) is 215 cm³/mol. The molecule has 0 spiro atoms. The molecule has 55 heavy (non-hydrogen) atoms. The first-order valence-corrected chi connectivity index (χ1v) is 21.8. The molecule has 0 fully saturated rings. The summed E-state index contributed by atoms with van der Waals surface area (Å²) in [5, 5.41) is 0. The van der Waals surface area contributed by atoms with Crippen LogP contribution in [0, 0.1) is 0 Å². The average Bonchev–Trinajstić information content (AvgIpc) is 3.19. The maximum absolute atomic E-state index is 11.7. The van der Waals surface area contributed by atoms with Crippen molar-refractivity contribution >= 4 is 5.97 Å². The summed E-state index contributed by atoms with van der Waals surface area (Å²) in [5.41, 5.74) is 0. The van der Waals surface area contributed by atoms with Crippen molar-refractivity contribution in [2.75, 3.05) is 152 Å². The van der Waals surface area contributed by atoms with Gasteiger partial charge in [0.25, 0.3) is 0 Å². The fourth-order valence-electron chi connectivity index (χ4n) is 5.15. The van der Waals surface area contributed by atoms with Gasteiger partial charge < -0.3 is 56.8 Å². The predicted octanol–water partition coefficient (Wildman–Crippen LogP) is 6.99. The first-order valence-electron chi connectivity index (χ1n) is 21.8. The van der Waals surface area contributed by atoms with Gasteiger partial charge in [0.2, 0.25) is 0 Å². The maximum atomic E-state index is 11.7. The number of carbonyl (C=O) groups is 1. The van der Waals surface area contributed by atoms with Crippen LogP contribution in [-0.4, -0.2) is 158 Å². The standard InChI is InChI=1S/C42H84O13/c1-3-5-7-9-11-13-15-17-19-44-20-21-45-22-23-46-24-25-47-26-27-48-28-29-49-30-31-50-32-33-51-34-35-52-36-37-53-38-39-54-40-41-55-42(43)18-16-14-12-10-8-6-4-2/h3-41H2,1-2H3. The summed E-state index contributed by atoms with van der Waals surface area (Å²) in [4.78, 5) is 11.7. The van der Waals surface area contributed by atoms with Crippen LogP contribution in [0.5, 0.6) is 0 Å². The Morgan fingerprint density at radius 1 is 0.255 bits per heavy atom. The lowest BCUT2D eigenvalue weighted by Gasteiger charge is -2.09. The summed E-state index contributed by atoms with van der Waals surface area (Å²) in [7, 11) is 0. The number of ether oxygens (including phenoxy) is 12. The van der Waals surface area contributed by atoms with E-state index in [2.05, 4.69) is 13.8 Å². The minimum absolute atomic E-state index is 0.139. The smallest absolute Gasteiger partial charge is 0.305 e. The molecule has 0 rings (SSSR count). The Kier molecular flexibility index (Phi) is 50.1. The van der Waals surface area contributed by atoms with Crippen LogP contribution in [0.1, 0.15) is 117 Å². The van der Waals surface area contributed by atoms with Crippen molar-refractivity contribution in [2.24, 2.45) is 0 Å². The Balaban J connectivity index is 3.09.